The number of carbonyl (C=O) groups is 2. The molecule has 0 aromatic heterocycles. The van der Waals surface area contributed by atoms with E-state index in [0.717, 1.165) is 5.56 Å². The smallest absolute Gasteiger partial charge is 0.411 e. The molecule has 0 heterocycles. The third kappa shape index (κ3) is 6.02. The van der Waals surface area contributed by atoms with Crippen LogP contribution in [-0.4, -0.2) is 46.6 Å². The van der Waals surface area contributed by atoms with Crippen LogP contribution in [-0.2, 0) is 16.1 Å². The highest BCUT2D eigenvalue weighted by molar-refractivity contribution is 7.80. The molecule has 1 N–H and O–H groups in total. The lowest BCUT2D eigenvalue weighted by Crippen LogP contribution is -2.47. The molecule has 7 heteroatoms. The Hall–Kier alpha value is -1.89. The summed E-state index contributed by atoms with van der Waals surface area (Å²) in [6.45, 7) is 5.29. The Balaban J connectivity index is 3.02. The van der Waals surface area contributed by atoms with Crippen LogP contribution in [0.1, 0.15) is 26.3 Å². The minimum atomic E-state index is -1.13. The van der Waals surface area contributed by atoms with Gasteiger partial charge in [0.15, 0.2) is 0 Å². The average molecular weight is 341 g/mol. The van der Waals surface area contributed by atoms with Crippen molar-refractivity contribution in [3.63, 3.8) is 0 Å². The van der Waals surface area contributed by atoms with E-state index in [4.69, 9.17) is 9.47 Å². The van der Waals surface area contributed by atoms with Crippen LogP contribution in [0.25, 0.3) is 0 Å². The molecule has 0 aliphatic rings. The standard InChI is InChI=1S/C16H23NO5S/c1-16(2,3)22-15(20)17(13(10-23)14(18)19)9-11-5-7-12(21-4)8-6-11/h5-8,13,23H,9-10H2,1-4H3,(H,18,19)/t13-/m0/s1. The second-order valence-corrected chi connectivity index (χ2v) is 6.36. The summed E-state index contributed by atoms with van der Waals surface area (Å²) in [6.07, 6.45) is -0.685. The van der Waals surface area contributed by atoms with E-state index < -0.39 is 23.7 Å². The highest BCUT2D eigenvalue weighted by Crippen LogP contribution is 2.18. The van der Waals surface area contributed by atoms with E-state index in [-0.39, 0.29) is 12.3 Å². The SMILES string of the molecule is COc1ccc(CN(C(=O)OC(C)(C)C)[C@@H](CS)C(=O)O)cc1. The molecular weight excluding hydrogens is 318 g/mol. The largest absolute Gasteiger partial charge is 0.497 e. The fourth-order valence-electron chi connectivity index (χ4n) is 1.86. The molecule has 0 saturated carbocycles. The summed E-state index contributed by atoms with van der Waals surface area (Å²) < 4.78 is 10.4. The summed E-state index contributed by atoms with van der Waals surface area (Å²) in [5, 5.41) is 9.33. The molecule has 0 aliphatic carbocycles. The first-order valence-electron chi connectivity index (χ1n) is 7.14. The van der Waals surface area contributed by atoms with Crippen LogP contribution in [0, 0.1) is 0 Å². The molecule has 0 unspecified atom stereocenters. The number of rotatable bonds is 6. The molecule has 0 radical (unpaired) electrons. The topological polar surface area (TPSA) is 76.1 Å². The van der Waals surface area contributed by atoms with E-state index in [0.29, 0.717) is 5.75 Å². The molecule has 0 fully saturated rings. The number of benzene rings is 1. The number of aliphatic carboxylic acids is 1. The molecule has 128 valence electrons. The zero-order chi connectivity index (χ0) is 17.6. The Bertz CT molecular complexity index is 538. The highest BCUT2D eigenvalue weighted by atomic mass is 32.1. The zero-order valence-electron chi connectivity index (χ0n) is 13.8. The van der Waals surface area contributed by atoms with E-state index in [1.165, 1.54) is 4.90 Å². The summed E-state index contributed by atoms with van der Waals surface area (Å²) in [5.74, 6) is -0.453. The van der Waals surface area contributed by atoms with Crippen LogP contribution in [0.3, 0.4) is 0 Å². The van der Waals surface area contributed by atoms with Crippen LogP contribution in [0.2, 0.25) is 0 Å². The van der Waals surface area contributed by atoms with E-state index in [2.05, 4.69) is 12.6 Å². The van der Waals surface area contributed by atoms with Crippen LogP contribution < -0.4 is 4.74 Å². The van der Waals surface area contributed by atoms with Crippen LogP contribution >= 0.6 is 12.6 Å². The monoisotopic (exact) mass is 341 g/mol. The molecule has 0 aliphatic heterocycles. The normalized spacial score (nSPS) is 12.4. The van der Waals surface area contributed by atoms with E-state index in [1.807, 2.05) is 0 Å². The number of ether oxygens (including phenoxy) is 2. The quantitative estimate of drug-likeness (QED) is 0.778. The number of carboxylic acids is 1. The molecule has 1 rings (SSSR count). The maximum atomic E-state index is 12.4. The van der Waals surface area contributed by atoms with Crippen molar-refractivity contribution in [2.24, 2.45) is 0 Å². The van der Waals surface area contributed by atoms with Gasteiger partial charge in [-0.1, -0.05) is 12.1 Å². The number of nitrogens with zero attached hydrogens (tertiary/aromatic N) is 1. The molecule has 6 nitrogen and oxygen atoms in total. The molecule has 1 amide bonds. The maximum absolute atomic E-state index is 12.4. The van der Waals surface area contributed by atoms with Crippen molar-refractivity contribution in [1.29, 1.82) is 0 Å². The molecule has 0 bridgehead atoms. The Labute approximate surface area is 141 Å². The van der Waals surface area contributed by atoms with Crippen molar-refractivity contribution >= 4 is 24.7 Å². The van der Waals surface area contributed by atoms with Crippen LogP contribution in [0.15, 0.2) is 24.3 Å². The number of hydrogen-bond acceptors (Lipinski definition) is 5. The Kier molecular flexibility index (Phi) is 6.75. The highest BCUT2D eigenvalue weighted by Gasteiger charge is 2.32. The number of carbonyl (C=O) groups excluding carboxylic acids is 1. The molecule has 1 atom stereocenters. The zero-order valence-corrected chi connectivity index (χ0v) is 14.7. The minimum absolute atomic E-state index is 0.00920. The van der Waals surface area contributed by atoms with Gasteiger partial charge in [-0.15, -0.1) is 0 Å². The van der Waals surface area contributed by atoms with Gasteiger partial charge in [0.25, 0.3) is 0 Å². The number of carboxylic acid groups (broad SMARTS) is 1. The minimum Gasteiger partial charge on any atom is -0.497 e. The molecule has 1 aromatic carbocycles. The van der Waals surface area contributed by atoms with Crippen molar-refractivity contribution in [1.82, 2.24) is 4.90 Å². The van der Waals surface area contributed by atoms with Gasteiger partial charge in [0, 0.05) is 12.3 Å². The predicted molar refractivity (Wildman–Crippen MR) is 90.0 cm³/mol. The fraction of sp³-hybridized carbons (Fsp3) is 0.500. The van der Waals surface area contributed by atoms with Gasteiger partial charge in [-0.25, -0.2) is 9.59 Å². The van der Waals surface area contributed by atoms with Gasteiger partial charge in [-0.05, 0) is 38.5 Å². The van der Waals surface area contributed by atoms with Gasteiger partial charge in [0.2, 0.25) is 0 Å². The lowest BCUT2D eigenvalue weighted by molar-refractivity contribution is -0.142. The number of methoxy groups -OCH3 is 1. The molecule has 1 aromatic rings. The Morgan fingerprint density at radius 3 is 2.22 bits per heavy atom. The first-order valence-corrected chi connectivity index (χ1v) is 7.77. The molecule has 23 heavy (non-hydrogen) atoms. The fourth-order valence-corrected chi connectivity index (χ4v) is 2.21. The molecule has 0 saturated heterocycles. The summed E-state index contributed by atoms with van der Waals surface area (Å²) >= 11 is 4.05. The Morgan fingerprint density at radius 1 is 1.26 bits per heavy atom. The first kappa shape index (κ1) is 19.2. The summed E-state index contributed by atoms with van der Waals surface area (Å²) in [5.41, 5.74) is 0.0548. The van der Waals surface area contributed by atoms with Crippen molar-refractivity contribution in [2.45, 2.75) is 39.0 Å². The van der Waals surface area contributed by atoms with E-state index >= 15 is 0 Å². The number of amides is 1. The van der Waals surface area contributed by atoms with Crippen molar-refractivity contribution < 1.29 is 24.2 Å². The van der Waals surface area contributed by atoms with Gasteiger partial charge < -0.3 is 14.6 Å². The van der Waals surface area contributed by atoms with Crippen molar-refractivity contribution in [3.05, 3.63) is 29.8 Å². The van der Waals surface area contributed by atoms with E-state index in [9.17, 15) is 14.7 Å². The third-order valence-corrected chi connectivity index (χ3v) is 3.32. The molecular formula is C16H23NO5S. The van der Waals surface area contributed by atoms with Gasteiger partial charge in [-0.3, -0.25) is 4.90 Å². The van der Waals surface area contributed by atoms with Gasteiger partial charge >= 0.3 is 12.1 Å². The number of thiol groups is 1. The van der Waals surface area contributed by atoms with Crippen molar-refractivity contribution in [2.75, 3.05) is 12.9 Å². The van der Waals surface area contributed by atoms with Gasteiger partial charge in [0.1, 0.15) is 17.4 Å². The van der Waals surface area contributed by atoms with Gasteiger partial charge in [-0.2, -0.15) is 12.6 Å². The lowest BCUT2D eigenvalue weighted by atomic mass is 10.1. The summed E-state index contributed by atoms with van der Waals surface area (Å²) in [4.78, 5) is 25.0. The van der Waals surface area contributed by atoms with Gasteiger partial charge in [0.05, 0.1) is 7.11 Å². The lowest BCUT2D eigenvalue weighted by Gasteiger charge is -2.31. The first-order chi connectivity index (χ1) is 10.7. The maximum Gasteiger partial charge on any atom is 0.411 e. The van der Waals surface area contributed by atoms with Crippen LogP contribution in [0.4, 0.5) is 4.79 Å². The predicted octanol–water partition coefficient (Wildman–Crippen LogP) is 2.82. The number of hydrogen-bond donors (Lipinski definition) is 2. The van der Waals surface area contributed by atoms with Crippen molar-refractivity contribution in [3.8, 4) is 5.75 Å². The Morgan fingerprint density at radius 2 is 1.83 bits per heavy atom. The third-order valence-electron chi connectivity index (χ3n) is 2.97. The van der Waals surface area contributed by atoms with E-state index in [1.54, 1.807) is 52.1 Å². The summed E-state index contributed by atoms with van der Waals surface area (Å²) in [7, 11) is 1.56. The molecule has 0 spiro atoms. The summed E-state index contributed by atoms with van der Waals surface area (Å²) in [6, 6.07) is 5.97. The average Bonchev–Trinajstić information content (AvgIpc) is 2.45. The second kappa shape index (κ2) is 8.10. The van der Waals surface area contributed by atoms with Crippen LogP contribution in [0.5, 0.6) is 5.75 Å². The second-order valence-electron chi connectivity index (χ2n) is 5.99.